The summed E-state index contributed by atoms with van der Waals surface area (Å²) < 4.78 is 58.1. The van der Waals surface area contributed by atoms with Gasteiger partial charge in [0.15, 0.2) is 0 Å². The summed E-state index contributed by atoms with van der Waals surface area (Å²) in [6, 6.07) is 1.74. The second kappa shape index (κ2) is 8.49. The Morgan fingerprint density at radius 3 is 2.61 bits per heavy atom. The first-order valence-corrected chi connectivity index (χ1v) is 10.5. The van der Waals surface area contributed by atoms with Gasteiger partial charge in [0.2, 0.25) is 0 Å². The Labute approximate surface area is 166 Å². The number of nitrogens with zero attached hydrogens (tertiary/aromatic N) is 1. The van der Waals surface area contributed by atoms with Crippen molar-refractivity contribution >= 4 is 17.7 Å². The van der Waals surface area contributed by atoms with Crippen LogP contribution in [0.15, 0.2) is 17.0 Å². The smallest absolute Gasteiger partial charge is 0.416 e. The molecule has 3 atom stereocenters. The van der Waals surface area contributed by atoms with E-state index in [-0.39, 0.29) is 28.3 Å². The Hall–Kier alpha value is -1.48. The van der Waals surface area contributed by atoms with E-state index in [0.717, 1.165) is 43.2 Å². The van der Waals surface area contributed by atoms with Gasteiger partial charge in [-0.2, -0.15) is 13.2 Å². The van der Waals surface area contributed by atoms with E-state index in [1.807, 2.05) is 0 Å². The van der Waals surface area contributed by atoms with Crippen LogP contribution in [0.1, 0.15) is 41.6 Å². The first kappa shape index (κ1) is 21.2. The van der Waals surface area contributed by atoms with E-state index in [0.29, 0.717) is 19.5 Å². The molecule has 0 radical (unpaired) electrons. The van der Waals surface area contributed by atoms with Gasteiger partial charge in [-0.25, -0.2) is 4.39 Å². The number of halogens is 4. The maximum atomic E-state index is 13.6. The first-order valence-electron chi connectivity index (χ1n) is 9.26. The average Bonchev–Trinajstić information content (AvgIpc) is 3.28. The molecule has 3 unspecified atom stereocenters. The van der Waals surface area contributed by atoms with E-state index in [9.17, 15) is 22.4 Å². The van der Waals surface area contributed by atoms with E-state index in [1.54, 1.807) is 6.26 Å². The zero-order valence-corrected chi connectivity index (χ0v) is 16.6. The molecule has 1 aliphatic carbocycles. The SMILES string of the molecule is COc1cc(C(F)(F)F)cc(SC)c1C(=O)NC1CCCC1N1CCC(F)C1. The zero-order valence-electron chi connectivity index (χ0n) is 15.8. The molecule has 1 amide bonds. The third-order valence-electron chi connectivity index (χ3n) is 5.49. The molecule has 1 aromatic rings. The highest BCUT2D eigenvalue weighted by atomic mass is 32.2. The lowest BCUT2D eigenvalue weighted by molar-refractivity contribution is -0.137. The third-order valence-corrected chi connectivity index (χ3v) is 6.25. The normalized spacial score (nSPS) is 25.9. The Kier molecular flexibility index (Phi) is 6.44. The van der Waals surface area contributed by atoms with Crippen molar-refractivity contribution < 1.29 is 27.1 Å². The number of ether oxygens (including phenoxy) is 1. The molecular weight excluding hydrogens is 396 g/mol. The van der Waals surface area contributed by atoms with Crippen LogP contribution in [0, 0.1) is 0 Å². The van der Waals surface area contributed by atoms with Gasteiger partial charge in [0.05, 0.1) is 18.2 Å². The second-order valence-corrected chi connectivity index (χ2v) is 8.06. The summed E-state index contributed by atoms with van der Waals surface area (Å²) in [6.45, 7) is 1.04. The number of methoxy groups -OCH3 is 1. The van der Waals surface area contributed by atoms with Crippen molar-refractivity contribution in [2.45, 2.75) is 55.0 Å². The van der Waals surface area contributed by atoms with Crippen molar-refractivity contribution in [3.63, 3.8) is 0 Å². The Balaban J connectivity index is 1.83. The van der Waals surface area contributed by atoms with Crippen LogP contribution in [0.4, 0.5) is 17.6 Å². The number of benzene rings is 1. The number of carbonyl (C=O) groups is 1. The van der Waals surface area contributed by atoms with Crippen LogP contribution in [0.5, 0.6) is 5.75 Å². The molecule has 28 heavy (non-hydrogen) atoms. The van der Waals surface area contributed by atoms with Gasteiger partial charge in [-0.15, -0.1) is 11.8 Å². The molecule has 4 nitrogen and oxygen atoms in total. The van der Waals surface area contributed by atoms with Gasteiger partial charge in [-0.05, 0) is 44.1 Å². The molecular formula is C19H24F4N2O2S. The van der Waals surface area contributed by atoms with Crippen LogP contribution in [0.2, 0.25) is 0 Å². The van der Waals surface area contributed by atoms with Crippen molar-refractivity contribution in [2.24, 2.45) is 0 Å². The Bertz CT molecular complexity index is 703. The molecule has 1 saturated carbocycles. The van der Waals surface area contributed by atoms with Crippen LogP contribution in [-0.2, 0) is 6.18 Å². The number of likely N-dealkylation sites (tertiary alicyclic amines) is 1. The summed E-state index contributed by atoms with van der Waals surface area (Å²) in [5.41, 5.74) is -0.742. The summed E-state index contributed by atoms with van der Waals surface area (Å²) in [7, 11) is 1.25. The lowest BCUT2D eigenvalue weighted by Gasteiger charge is -2.30. The molecule has 9 heteroatoms. The largest absolute Gasteiger partial charge is 0.496 e. The van der Waals surface area contributed by atoms with Crippen molar-refractivity contribution in [1.82, 2.24) is 10.2 Å². The lowest BCUT2D eigenvalue weighted by Crippen LogP contribution is -2.48. The minimum absolute atomic E-state index is 0.0582. The van der Waals surface area contributed by atoms with Gasteiger partial charge in [-0.3, -0.25) is 9.69 Å². The highest BCUT2D eigenvalue weighted by Crippen LogP contribution is 2.38. The number of amides is 1. The number of alkyl halides is 4. The van der Waals surface area contributed by atoms with E-state index < -0.39 is 23.8 Å². The summed E-state index contributed by atoms with van der Waals surface area (Å²) in [5, 5.41) is 2.97. The van der Waals surface area contributed by atoms with Crippen molar-refractivity contribution in [2.75, 3.05) is 26.5 Å². The first-order chi connectivity index (χ1) is 13.2. The summed E-state index contributed by atoms with van der Waals surface area (Å²) in [4.78, 5) is 15.3. The molecule has 1 heterocycles. The van der Waals surface area contributed by atoms with Gasteiger partial charge >= 0.3 is 6.18 Å². The minimum atomic E-state index is -4.53. The molecule has 0 spiro atoms. The summed E-state index contributed by atoms with van der Waals surface area (Å²) >= 11 is 1.07. The molecule has 156 valence electrons. The lowest BCUT2D eigenvalue weighted by atomic mass is 10.1. The van der Waals surface area contributed by atoms with E-state index in [4.69, 9.17) is 4.74 Å². The van der Waals surface area contributed by atoms with Crippen molar-refractivity contribution in [3.8, 4) is 5.75 Å². The fraction of sp³-hybridized carbons (Fsp3) is 0.632. The number of hydrogen-bond donors (Lipinski definition) is 1. The molecule has 1 N–H and O–H groups in total. The predicted octanol–water partition coefficient (Wildman–Crippen LogP) is 4.13. The zero-order chi connectivity index (χ0) is 20.5. The van der Waals surface area contributed by atoms with Gasteiger partial charge in [0, 0.05) is 30.1 Å². The Morgan fingerprint density at radius 2 is 2.04 bits per heavy atom. The molecule has 2 aliphatic rings. The molecule has 0 aromatic heterocycles. The van der Waals surface area contributed by atoms with Crippen molar-refractivity contribution in [3.05, 3.63) is 23.3 Å². The van der Waals surface area contributed by atoms with E-state index in [2.05, 4.69) is 10.2 Å². The number of rotatable bonds is 5. The quantitative estimate of drug-likeness (QED) is 0.575. The summed E-state index contributed by atoms with van der Waals surface area (Å²) in [5.74, 6) is -0.556. The minimum Gasteiger partial charge on any atom is -0.496 e. The van der Waals surface area contributed by atoms with Crippen LogP contribution >= 0.6 is 11.8 Å². The highest BCUT2D eigenvalue weighted by molar-refractivity contribution is 7.98. The topological polar surface area (TPSA) is 41.6 Å². The maximum absolute atomic E-state index is 13.6. The number of thioether (sulfide) groups is 1. The van der Waals surface area contributed by atoms with E-state index in [1.165, 1.54) is 7.11 Å². The van der Waals surface area contributed by atoms with Crippen LogP contribution in [-0.4, -0.2) is 55.5 Å². The van der Waals surface area contributed by atoms with Gasteiger partial charge in [0.1, 0.15) is 11.9 Å². The monoisotopic (exact) mass is 420 g/mol. The standard InChI is InChI=1S/C19H24F4N2O2S/c1-27-15-8-11(19(21,22)23)9-16(28-2)17(15)18(26)24-13-4-3-5-14(13)25-7-6-12(20)10-25/h8-9,12-14H,3-7,10H2,1-2H3,(H,24,26). The Morgan fingerprint density at radius 1 is 1.29 bits per heavy atom. The molecule has 3 rings (SSSR count). The molecule has 1 aromatic carbocycles. The molecule has 1 saturated heterocycles. The van der Waals surface area contributed by atoms with Crippen LogP contribution in [0.3, 0.4) is 0 Å². The summed E-state index contributed by atoms with van der Waals surface area (Å²) in [6.07, 6.45) is -0.686. The molecule has 2 fully saturated rings. The van der Waals surface area contributed by atoms with Crippen LogP contribution < -0.4 is 10.1 Å². The van der Waals surface area contributed by atoms with Gasteiger partial charge in [0.25, 0.3) is 5.91 Å². The van der Waals surface area contributed by atoms with Crippen molar-refractivity contribution in [1.29, 1.82) is 0 Å². The average molecular weight is 420 g/mol. The van der Waals surface area contributed by atoms with Gasteiger partial charge in [-0.1, -0.05) is 0 Å². The molecule has 1 aliphatic heterocycles. The number of hydrogen-bond acceptors (Lipinski definition) is 4. The number of nitrogens with one attached hydrogen (secondary N) is 1. The fourth-order valence-corrected chi connectivity index (χ4v) is 4.77. The second-order valence-electron chi connectivity index (χ2n) is 7.21. The maximum Gasteiger partial charge on any atom is 0.416 e. The van der Waals surface area contributed by atoms with Gasteiger partial charge < -0.3 is 10.1 Å². The molecule has 0 bridgehead atoms. The van der Waals surface area contributed by atoms with E-state index >= 15 is 0 Å². The third kappa shape index (κ3) is 4.40. The highest BCUT2D eigenvalue weighted by Gasteiger charge is 2.38. The fourth-order valence-electron chi connectivity index (χ4n) is 4.13. The number of carbonyl (C=O) groups excluding carboxylic acids is 1. The van der Waals surface area contributed by atoms with Crippen LogP contribution in [0.25, 0.3) is 0 Å². The predicted molar refractivity (Wildman–Crippen MR) is 99.8 cm³/mol.